The molecule has 98 valence electrons. The minimum absolute atomic E-state index is 0.0115. The molecule has 4 nitrogen and oxygen atoms in total. The Labute approximate surface area is 108 Å². The summed E-state index contributed by atoms with van der Waals surface area (Å²) in [6.07, 6.45) is 1.09. The number of aryl methyl sites for hydroxylation is 1. The first kappa shape index (κ1) is 12.9. The Kier molecular flexibility index (Phi) is 4.20. The van der Waals surface area contributed by atoms with E-state index in [0.29, 0.717) is 5.92 Å². The fourth-order valence-electron chi connectivity index (χ4n) is 2.31. The maximum absolute atomic E-state index is 12.0. The Bertz CT molecular complexity index is 402. The summed E-state index contributed by atoms with van der Waals surface area (Å²) < 4.78 is 0. The number of nitrogens with zero attached hydrogens (tertiary/aromatic N) is 1. The SMILES string of the molecule is CNCC1CCN(C(=O)Nc2ccc(C)cc2)C1. The van der Waals surface area contributed by atoms with Gasteiger partial charge in [-0.05, 0) is 45.0 Å². The lowest BCUT2D eigenvalue weighted by Crippen LogP contribution is -2.33. The number of benzene rings is 1. The molecular weight excluding hydrogens is 226 g/mol. The number of rotatable bonds is 3. The second-order valence-corrected chi connectivity index (χ2v) is 4.95. The highest BCUT2D eigenvalue weighted by atomic mass is 16.2. The van der Waals surface area contributed by atoms with Crippen LogP contribution in [-0.2, 0) is 0 Å². The zero-order valence-electron chi connectivity index (χ0n) is 11.1. The van der Waals surface area contributed by atoms with Crippen LogP contribution in [0.4, 0.5) is 10.5 Å². The number of carbonyl (C=O) groups excluding carboxylic acids is 1. The van der Waals surface area contributed by atoms with Crippen molar-refractivity contribution in [1.29, 1.82) is 0 Å². The van der Waals surface area contributed by atoms with E-state index >= 15 is 0 Å². The van der Waals surface area contributed by atoms with E-state index in [9.17, 15) is 4.79 Å². The Hall–Kier alpha value is -1.55. The lowest BCUT2D eigenvalue weighted by molar-refractivity contribution is 0.221. The van der Waals surface area contributed by atoms with Crippen LogP contribution < -0.4 is 10.6 Å². The molecule has 2 rings (SSSR count). The summed E-state index contributed by atoms with van der Waals surface area (Å²) in [5, 5.41) is 6.11. The summed E-state index contributed by atoms with van der Waals surface area (Å²) >= 11 is 0. The predicted molar refractivity (Wildman–Crippen MR) is 73.8 cm³/mol. The van der Waals surface area contributed by atoms with Gasteiger partial charge in [-0.2, -0.15) is 0 Å². The van der Waals surface area contributed by atoms with Gasteiger partial charge in [0.25, 0.3) is 0 Å². The number of likely N-dealkylation sites (tertiary alicyclic amines) is 1. The molecule has 1 unspecified atom stereocenters. The second-order valence-electron chi connectivity index (χ2n) is 4.95. The first-order valence-corrected chi connectivity index (χ1v) is 6.46. The molecule has 0 spiro atoms. The number of carbonyl (C=O) groups is 1. The number of anilines is 1. The average molecular weight is 247 g/mol. The van der Waals surface area contributed by atoms with Crippen molar-refractivity contribution < 1.29 is 4.79 Å². The lowest BCUT2D eigenvalue weighted by Gasteiger charge is -2.17. The van der Waals surface area contributed by atoms with Crippen molar-refractivity contribution in [3.63, 3.8) is 0 Å². The van der Waals surface area contributed by atoms with E-state index in [0.717, 1.165) is 31.7 Å². The summed E-state index contributed by atoms with van der Waals surface area (Å²) in [7, 11) is 1.95. The van der Waals surface area contributed by atoms with Crippen LogP contribution in [0.5, 0.6) is 0 Å². The maximum Gasteiger partial charge on any atom is 0.321 e. The van der Waals surface area contributed by atoms with Crippen molar-refractivity contribution in [3.05, 3.63) is 29.8 Å². The highest BCUT2D eigenvalue weighted by Crippen LogP contribution is 2.17. The second kappa shape index (κ2) is 5.87. The molecule has 1 aliphatic heterocycles. The molecule has 18 heavy (non-hydrogen) atoms. The van der Waals surface area contributed by atoms with Gasteiger partial charge in [-0.25, -0.2) is 4.79 Å². The van der Waals surface area contributed by atoms with Crippen LogP contribution in [0.15, 0.2) is 24.3 Å². The average Bonchev–Trinajstić information content (AvgIpc) is 2.81. The normalized spacial score (nSPS) is 19.0. The van der Waals surface area contributed by atoms with Crippen LogP contribution in [0.3, 0.4) is 0 Å². The van der Waals surface area contributed by atoms with Crippen molar-refractivity contribution in [2.75, 3.05) is 32.0 Å². The summed E-state index contributed by atoms with van der Waals surface area (Å²) in [5.74, 6) is 0.582. The molecule has 0 bridgehead atoms. The van der Waals surface area contributed by atoms with Gasteiger partial charge in [-0.3, -0.25) is 0 Å². The molecule has 1 heterocycles. The third-order valence-electron chi connectivity index (χ3n) is 3.37. The topological polar surface area (TPSA) is 44.4 Å². The van der Waals surface area contributed by atoms with Crippen LogP contribution in [0.1, 0.15) is 12.0 Å². The zero-order chi connectivity index (χ0) is 13.0. The van der Waals surface area contributed by atoms with Gasteiger partial charge >= 0.3 is 6.03 Å². The molecule has 0 aromatic heterocycles. The third-order valence-corrected chi connectivity index (χ3v) is 3.37. The molecule has 2 amide bonds. The van der Waals surface area contributed by atoms with E-state index in [4.69, 9.17) is 0 Å². The van der Waals surface area contributed by atoms with Gasteiger partial charge in [0.2, 0.25) is 0 Å². The third kappa shape index (κ3) is 3.23. The highest BCUT2D eigenvalue weighted by molar-refractivity contribution is 5.89. The van der Waals surface area contributed by atoms with Gasteiger partial charge in [0.1, 0.15) is 0 Å². The minimum atomic E-state index is 0.0115. The van der Waals surface area contributed by atoms with E-state index in [-0.39, 0.29) is 6.03 Å². The summed E-state index contributed by atoms with van der Waals surface area (Å²) in [6, 6.07) is 7.90. The van der Waals surface area contributed by atoms with Crippen LogP contribution in [0.25, 0.3) is 0 Å². The monoisotopic (exact) mass is 247 g/mol. The molecule has 1 aromatic carbocycles. The van der Waals surface area contributed by atoms with Crippen molar-refractivity contribution in [1.82, 2.24) is 10.2 Å². The fourth-order valence-corrected chi connectivity index (χ4v) is 2.31. The van der Waals surface area contributed by atoms with E-state index < -0.39 is 0 Å². The molecule has 4 heteroatoms. The van der Waals surface area contributed by atoms with Gasteiger partial charge in [0.05, 0.1) is 0 Å². The number of hydrogen-bond acceptors (Lipinski definition) is 2. The number of nitrogens with one attached hydrogen (secondary N) is 2. The molecular formula is C14H21N3O. The van der Waals surface area contributed by atoms with Gasteiger partial charge < -0.3 is 15.5 Å². The molecule has 1 fully saturated rings. The molecule has 0 radical (unpaired) electrons. The van der Waals surface area contributed by atoms with E-state index in [1.165, 1.54) is 5.56 Å². The van der Waals surface area contributed by atoms with Crippen LogP contribution in [0, 0.1) is 12.8 Å². The summed E-state index contributed by atoms with van der Waals surface area (Å²) in [4.78, 5) is 13.9. The fraction of sp³-hybridized carbons (Fsp3) is 0.500. The Balaban J connectivity index is 1.87. The van der Waals surface area contributed by atoms with Crippen LogP contribution >= 0.6 is 0 Å². The van der Waals surface area contributed by atoms with Crippen LogP contribution in [-0.4, -0.2) is 37.6 Å². The van der Waals surface area contributed by atoms with Crippen molar-refractivity contribution in [3.8, 4) is 0 Å². The first-order chi connectivity index (χ1) is 8.69. The Morgan fingerprint density at radius 3 is 2.78 bits per heavy atom. The van der Waals surface area contributed by atoms with E-state index in [1.807, 2.05) is 43.1 Å². The quantitative estimate of drug-likeness (QED) is 0.859. The predicted octanol–water partition coefficient (Wildman–Crippen LogP) is 2.07. The largest absolute Gasteiger partial charge is 0.324 e. The molecule has 0 aliphatic carbocycles. The standard InChI is InChI=1S/C14H21N3O/c1-11-3-5-13(6-4-11)16-14(18)17-8-7-12(10-17)9-15-2/h3-6,12,15H,7-10H2,1-2H3,(H,16,18). The van der Waals surface area contributed by atoms with Crippen LogP contribution in [0.2, 0.25) is 0 Å². The van der Waals surface area contributed by atoms with Gasteiger partial charge in [0, 0.05) is 18.8 Å². The molecule has 1 saturated heterocycles. The number of amides is 2. The van der Waals surface area contributed by atoms with Crippen molar-refractivity contribution in [2.24, 2.45) is 5.92 Å². The van der Waals surface area contributed by atoms with E-state index in [1.54, 1.807) is 0 Å². The molecule has 0 saturated carbocycles. The molecule has 2 N–H and O–H groups in total. The smallest absolute Gasteiger partial charge is 0.321 e. The Morgan fingerprint density at radius 1 is 1.39 bits per heavy atom. The minimum Gasteiger partial charge on any atom is -0.324 e. The van der Waals surface area contributed by atoms with Gasteiger partial charge in [-0.15, -0.1) is 0 Å². The number of urea groups is 1. The first-order valence-electron chi connectivity index (χ1n) is 6.46. The highest BCUT2D eigenvalue weighted by Gasteiger charge is 2.25. The summed E-state index contributed by atoms with van der Waals surface area (Å²) in [5.41, 5.74) is 2.06. The molecule has 1 aliphatic rings. The van der Waals surface area contributed by atoms with Crippen molar-refractivity contribution >= 4 is 11.7 Å². The maximum atomic E-state index is 12.0. The van der Waals surface area contributed by atoms with Gasteiger partial charge in [-0.1, -0.05) is 17.7 Å². The summed E-state index contributed by atoms with van der Waals surface area (Å²) in [6.45, 7) is 4.71. The Morgan fingerprint density at radius 2 is 2.11 bits per heavy atom. The molecule has 1 aromatic rings. The van der Waals surface area contributed by atoms with Crippen molar-refractivity contribution in [2.45, 2.75) is 13.3 Å². The zero-order valence-corrected chi connectivity index (χ0v) is 11.1. The van der Waals surface area contributed by atoms with Gasteiger partial charge in [0.15, 0.2) is 0 Å². The lowest BCUT2D eigenvalue weighted by atomic mass is 10.1. The number of hydrogen-bond donors (Lipinski definition) is 2. The molecule has 1 atom stereocenters. The van der Waals surface area contributed by atoms with E-state index in [2.05, 4.69) is 10.6 Å².